The molecule has 7 heteroatoms. The highest BCUT2D eigenvalue weighted by Crippen LogP contribution is 2.43. The zero-order valence-corrected chi connectivity index (χ0v) is 16.2. The molecule has 0 N–H and O–H groups in total. The number of carbonyl (C=O) groups is 3. The number of allylic oxidation sites excluding steroid dienone is 1. The van der Waals surface area contributed by atoms with Gasteiger partial charge in [0.15, 0.2) is 0 Å². The molecule has 2 fully saturated rings. The Bertz CT molecular complexity index is 790. The molecule has 156 valence electrons. The fourth-order valence-corrected chi connectivity index (χ4v) is 3.91. The van der Waals surface area contributed by atoms with Crippen LogP contribution in [0.4, 0.5) is 8.78 Å². The number of ether oxygens (including phenoxy) is 2. The number of ketones is 1. The molecular formula is C22H24F2O5. The van der Waals surface area contributed by atoms with Gasteiger partial charge in [0.05, 0.1) is 12.0 Å². The van der Waals surface area contributed by atoms with Gasteiger partial charge in [0, 0.05) is 24.7 Å². The smallest absolute Gasteiger partial charge is 0.338 e. The van der Waals surface area contributed by atoms with Gasteiger partial charge in [-0.15, -0.1) is 0 Å². The van der Waals surface area contributed by atoms with Crippen LogP contribution in [0, 0.1) is 11.8 Å². The fraction of sp³-hybridized carbons (Fsp3) is 0.500. The summed E-state index contributed by atoms with van der Waals surface area (Å²) in [5.41, 5.74) is 0.367. The maximum atomic E-state index is 14.0. The van der Waals surface area contributed by atoms with Gasteiger partial charge in [0.2, 0.25) is 5.78 Å². The Labute approximate surface area is 168 Å². The van der Waals surface area contributed by atoms with Gasteiger partial charge in [0.25, 0.3) is 0 Å². The van der Waals surface area contributed by atoms with Crippen molar-refractivity contribution < 1.29 is 32.6 Å². The third kappa shape index (κ3) is 4.89. The van der Waals surface area contributed by atoms with Crippen LogP contribution in [0.3, 0.4) is 0 Å². The summed E-state index contributed by atoms with van der Waals surface area (Å²) in [7, 11) is 0. The van der Waals surface area contributed by atoms with Gasteiger partial charge in [0.1, 0.15) is 12.2 Å². The summed E-state index contributed by atoms with van der Waals surface area (Å²) >= 11 is 0. The molecular weight excluding hydrogens is 382 g/mol. The Kier molecular flexibility index (Phi) is 6.45. The summed E-state index contributed by atoms with van der Waals surface area (Å²) in [6, 6.07) is 8.40. The van der Waals surface area contributed by atoms with Crippen molar-refractivity contribution in [3.05, 3.63) is 48.0 Å². The molecule has 29 heavy (non-hydrogen) atoms. The molecule has 4 atom stereocenters. The average Bonchev–Trinajstić information content (AvgIpc) is 3.20. The molecule has 0 bridgehead atoms. The third-order valence-corrected chi connectivity index (χ3v) is 5.49. The van der Waals surface area contributed by atoms with Crippen molar-refractivity contribution in [3.63, 3.8) is 0 Å². The van der Waals surface area contributed by atoms with Crippen LogP contribution < -0.4 is 0 Å². The number of rotatable bonds is 8. The van der Waals surface area contributed by atoms with Crippen molar-refractivity contribution in [2.45, 2.75) is 57.2 Å². The highest BCUT2D eigenvalue weighted by Gasteiger charge is 2.51. The molecule has 2 aliphatic rings. The SMILES string of the molecule is CCCCC(F)(F)C(=O)/C=C/C1C(OC(=O)c2ccccc2)CC2OC(=O)CC21. The number of hydrogen-bond acceptors (Lipinski definition) is 5. The van der Waals surface area contributed by atoms with E-state index >= 15 is 0 Å². The molecule has 4 unspecified atom stereocenters. The highest BCUT2D eigenvalue weighted by atomic mass is 19.3. The number of unbranched alkanes of at least 4 members (excludes halogenated alkanes) is 1. The predicted molar refractivity (Wildman–Crippen MR) is 100 cm³/mol. The average molecular weight is 406 g/mol. The van der Waals surface area contributed by atoms with Gasteiger partial charge in [-0.1, -0.05) is 37.6 Å². The Morgan fingerprint density at radius 1 is 1.28 bits per heavy atom. The van der Waals surface area contributed by atoms with Gasteiger partial charge in [-0.05, 0) is 24.6 Å². The Morgan fingerprint density at radius 2 is 2.00 bits per heavy atom. The second kappa shape index (κ2) is 8.84. The van der Waals surface area contributed by atoms with Crippen molar-refractivity contribution in [3.8, 4) is 0 Å². The predicted octanol–water partition coefficient (Wildman–Crippen LogP) is 4.11. The summed E-state index contributed by atoms with van der Waals surface area (Å²) in [6.07, 6.45) is 1.84. The first-order chi connectivity index (χ1) is 13.8. The summed E-state index contributed by atoms with van der Waals surface area (Å²) in [4.78, 5) is 36.0. The highest BCUT2D eigenvalue weighted by molar-refractivity contribution is 5.95. The summed E-state index contributed by atoms with van der Waals surface area (Å²) in [5.74, 6) is -6.45. The van der Waals surface area contributed by atoms with Gasteiger partial charge < -0.3 is 9.47 Å². The second-order valence-electron chi connectivity index (χ2n) is 7.55. The molecule has 1 aromatic rings. The molecule has 1 aliphatic heterocycles. The minimum absolute atomic E-state index is 0.111. The Balaban J connectivity index is 1.74. The molecule has 5 nitrogen and oxygen atoms in total. The van der Waals surface area contributed by atoms with E-state index in [9.17, 15) is 23.2 Å². The molecule has 0 amide bonds. The van der Waals surface area contributed by atoms with E-state index in [0.717, 1.165) is 6.08 Å². The number of halogens is 2. The van der Waals surface area contributed by atoms with Crippen molar-refractivity contribution in [1.82, 2.24) is 0 Å². The monoisotopic (exact) mass is 406 g/mol. The Hall–Kier alpha value is -2.57. The zero-order valence-electron chi connectivity index (χ0n) is 16.2. The first-order valence-electron chi connectivity index (χ1n) is 9.87. The molecule has 1 aromatic carbocycles. The van der Waals surface area contributed by atoms with Crippen molar-refractivity contribution >= 4 is 17.7 Å². The molecule has 0 aromatic heterocycles. The first-order valence-corrected chi connectivity index (χ1v) is 9.87. The van der Waals surface area contributed by atoms with Crippen LogP contribution in [-0.4, -0.2) is 35.9 Å². The van der Waals surface area contributed by atoms with Crippen LogP contribution in [0.2, 0.25) is 0 Å². The van der Waals surface area contributed by atoms with E-state index in [1.807, 2.05) is 0 Å². The number of hydrogen-bond donors (Lipinski definition) is 0. The van der Waals surface area contributed by atoms with Gasteiger partial charge in [-0.2, -0.15) is 8.78 Å². The topological polar surface area (TPSA) is 69.7 Å². The summed E-state index contributed by atoms with van der Waals surface area (Å²) in [6.45, 7) is 1.78. The van der Waals surface area contributed by atoms with Gasteiger partial charge >= 0.3 is 17.9 Å². The normalized spacial score (nSPS) is 26.4. The number of esters is 2. The van der Waals surface area contributed by atoms with Gasteiger partial charge in [-0.3, -0.25) is 9.59 Å². The maximum Gasteiger partial charge on any atom is 0.338 e. The molecule has 1 saturated heterocycles. The zero-order chi connectivity index (χ0) is 21.0. The minimum Gasteiger partial charge on any atom is -0.462 e. The first kappa shape index (κ1) is 21.1. The fourth-order valence-electron chi connectivity index (χ4n) is 3.91. The minimum atomic E-state index is -3.43. The van der Waals surface area contributed by atoms with Crippen molar-refractivity contribution in [2.24, 2.45) is 11.8 Å². The van der Waals surface area contributed by atoms with Crippen LogP contribution in [0.25, 0.3) is 0 Å². The molecule has 1 aliphatic carbocycles. The van der Waals surface area contributed by atoms with Crippen molar-refractivity contribution in [1.29, 1.82) is 0 Å². The lowest BCUT2D eigenvalue weighted by molar-refractivity contribution is -0.142. The number of carbonyl (C=O) groups excluding carboxylic acids is 3. The largest absolute Gasteiger partial charge is 0.462 e. The Morgan fingerprint density at radius 3 is 2.69 bits per heavy atom. The molecule has 1 saturated carbocycles. The van der Waals surface area contributed by atoms with E-state index in [1.165, 1.54) is 6.08 Å². The lowest BCUT2D eigenvalue weighted by Gasteiger charge is -2.20. The maximum absolute atomic E-state index is 14.0. The quantitative estimate of drug-likeness (QED) is 0.480. The number of benzene rings is 1. The van der Waals surface area contributed by atoms with E-state index in [-0.39, 0.29) is 31.1 Å². The lowest BCUT2D eigenvalue weighted by atomic mass is 9.91. The molecule has 1 heterocycles. The molecule has 0 radical (unpaired) electrons. The third-order valence-electron chi connectivity index (χ3n) is 5.49. The lowest BCUT2D eigenvalue weighted by Crippen LogP contribution is -2.28. The van der Waals surface area contributed by atoms with Crippen LogP contribution in [0.15, 0.2) is 42.5 Å². The van der Waals surface area contributed by atoms with Crippen molar-refractivity contribution in [2.75, 3.05) is 0 Å². The number of alkyl halides is 2. The van der Waals surface area contributed by atoms with E-state index in [1.54, 1.807) is 37.3 Å². The van der Waals surface area contributed by atoms with Crippen LogP contribution in [-0.2, 0) is 19.1 Å². The van der Waals surface area contributed by atoms with E-state index in [0.29, 0.717) is 12.0 Å². The van der Waals surface area contributed by atoms with E-state index in [4.69, 9.17) is 9.47 Å². The van der Waals surface area contributed by atoms with Crippen LogP contribution >= 0.6 is 0 Å². The summed E-state index contributed by atoms with van der Waals surface area (Å²) < 4.78 is 38.8. The molecule has 0 spiro atoms. The number of fused-ring (bicyclic) bond motifs is 1. The molecule has 3 rings (SSSR count). The van der Waals surface area contributed by atoms with Crippen LogP contribution in [0.1, 0.15) is 49.4 Å². The van der Waals surface area contributed by atoms with Gasteiger partial charge in [-0.25, -0.2) is 4.79 Å². The van der Waals surface area contributed by atoms with E-state index < -0.39 is 42.2 Å². The van der Waals surface area contributed by atoms with Crippen LogP contribution in [0.5, 0.6) is 0 Å². The standard InChI is InChI=1S/C22H24F2O5/c1-2-3-11-22(23,24)19(25)10-9-15-16-12-20(26)28-18(16)13-17(15)29-21(27)14-7-5-4-6-8-14/h4-10,15-18H,2-3,11-13H2,1H3/b10-9+. The summed E-state index contributed by atoms with van der Waals surface area (Å²) in [5, 5.41) is 0. The van der Waals surface area contributed by atoms with E-state index in [2.05, 4.69) is 0 Å². The second-order valence-corrected chi connectivity index (χ2v) is 7.55.